The Bertz CT molecular complexity index is 439. The van der Waals surface area contributed by atoms with E-state index in [2.05, 4.69) is 10.1 Å². The van der Waals surface area contributed by atoms with Crippen LogP contribution in [-0.2, 0) is 0 Å². The molecule has 0 saturated carbocycles. The summed E-state index contributed by atoms with van der Waals surface area (Å²) in [5.74, 6) is 0.965. The number of aliphatic hydroxyl groups is 1. The summed E-state index contributed by atoms with van der Waals surface area (Å²) in [6, 6.07) is 1.94. The van der Waals surface area contributed by atoms with Gasteiger partial charge in [-0.2, -0.15) is 16.3 Å². The minimum absolute atomic E-state index is 0.120. The van der Waals surface area contributed by atoms with E-state index >= 15 is 0 Å². The van der Waals surface area contributed by atoms with Crippen molar-refractivity contribution in [3.8, 4) is 11.4 Å². The van der Waals surface area contributed by atoms with Crippen molar-refractivity contribution >= 4 is 11.3 Å². The van der Waals surface area contributed by atoms with Gasteiger partial charge in [0.15, 0.2) is 0 Å². The number of nitrogens with zero attached hydrogens (tertiary/aromatic N) is 2. The first kappa shape index (κ1) is 11.3. The van der Waals surface area contributed by atoms with Crippen LogP contribution in [0.3, 0.4) is 0 Å². The molecule has 0 spiro atoms. The normalized spacial score (nSPS) is 14.9. The molecule has 86 valence electrons. The molecule has 0 aliphatic carbocycles. The first-order valence-electron chi connectivity index (χ1n) is 5.26. The molecule has 16 heavy (non-hydrogen) atoms. The standard InChI is InChI=1S/C11H14N2O2S/c1-3-9(14)7(2)11-12-10(13-15-11)8-4-5-16-6-8/h4-7,9,14H,3H2,1-2H3. The fraction of sp³-hybridized carbons (Fsp3) is 0.455. The molecule has 0 aliphatic rings. The number of hydrogen-bond donors (Lipinski definition) is 1. The lowest BCUT2D eigenvalue weighted by atomic mass is 10.0. The summed E-state index contributed by atoms with van der Waals surface area (Å²) in [7, 11) is 0. The van der Waals surface area contributed by atoms with Crippen LogP contribution in [0, 0.1) is 0 Å². The van der Waals surface area contributed by atoms with Crippen LogP contribution in [0.2, 0.25) is 0 Å². The Kier molecular flexibility index (Phi) is 3.36. The van der Waals surface area contributed by atoms with E-state index in [1.807, 2.05) is 30.7 Å². The highest BCUT2D eigenvalue weighted by Gasteiger charge is 2.21. The fourth-order valence-corrected chi connectivity index (χ4v) is 2.08. The number of rotatable bonds is 4. The maximum Gasteiger partial charge on any atom is 0.232 e. The molecule has 2 aromatic heterocycles. The Morgan fingerprint density at radius 3 is 3.00 bits per heavy atom. The van der Waals surface area contributed by atoms with Crippen LogP contribution in [0.4, 0.5) is 0 Å². The van der Waals surface area contributed by atoms with Gasteiger partial charge < -0.3 is 9.63 Å². The quantitative estimate of drug-likeness (QED) is 0.889. The first-order chi connectivity index (χ1) is 7.72. The van der Waals surface area contributed by atoms with E-state index in [0.29, 0.717) is 18.1 Å². The third-order valence-corrected chi connectivity index (χ3v) is 3.29. The molecule has 0 amide bonds. The first-order valence-corrected chi connectivity index (χ1v) is 6.21. The predicted octanol–water partition coefficient (Wildman–Crippen LogP) is 2.67. The van der Waals surface area contributed by atoms with Crippen molar-refractivity contribution in [2.45, 2.75) is 32.3 Å². The number of aliphatic hydroxyl groups excluding tert-OH is 1. The predicted molar refractivity (Wildman–Crippen MR) is 62.3 cm³/mol. The second-order valence-electron chi connectivity index (χ2n) is 3.73. The SMILES string of the molecule is CCC(O)C(C)c1nc(-c2ccsc2)no1. The largest absolute Gasteiger partial charge is 0.392 e. The van der Waals surface area contributed by atoms with E-state index < -0.39 is 6.10 Å². The van der Waals surface area contributed by atoms with E-state index in [9.17, 15) is 5.11 Å². The summed E-state index contributed by atoms with van der Waals surface area (Å²) in [6.45, 7) is 3.82. The third kappa shape index (κ3) is 2.15. The number of aromatic nitrogens is 2. The summed E-state index contributed by atoms with van der Waals surface area (Å²) in [4.78, 5) is 4.29. The molecule has 0 aliphatic heterocycles. The average Bonchev–Trinajstić information content (AvgIpc) is 2.96. The average molecular weight is 238 g/mol. The van der Waals surface area contributed by atoms with Gasteiger partial charge in [0, 0.05) is 10.9 Å². The summed E-state index contributed by atoms with van der Waals surface area (Å²) in [5.41, 5.74) is 0.957. The van der Waals surface area contributed by atoms with Gasteiger partial charge in [0.1, 0.15) is 0 Å². The van der Waals surface area contributed by atoms with E-state index in [4.69, 9.17) is 4.52 Å². The van der Waals surface area contributed by atoms with Crippen molar-refractivity contribution in [3.63, 3.8) is 0 Å². The summed E-state index contributed by atoms with van der Waals surface area (Å²) in [6.07, 6.45) is 0.243. The Labute approximate surface area is 97.9 Å². The molecule has 2 rings (SSSR count). The lowest BCUT2D eigenvalue weighted by Gasteiger charge is -2.11. The molecular weight excluding hydrogens is 224 g/mol. The number of thiophene rings is 1. The summed E-state index contributed by atoms with van der Waals surface area (Å²) < 4.78 is 5.16. The van der Waals surface area contributed by atoms with E-state index in [0.717, 1.165) is 5.56 Å². The Morgan fingerprint density at radius 1 is 1.56 bits per heavy atom. The highest BCUT2D eigenvalue weighted by Crippen LogP contribution is 2.24. The van der Waals surface area contributed by atoms with Gasteiger partial charge in [0.25, 0.3) is 0 Å². The van der Waals surface area contributed by atoms with Crippen LogP contribution >= 0.6 is 11.3 Å². The molecule has 0 bridgehead atoms. The van der Waals surface area contributed by atoms with Crippen molar-refractivity contribution in [3.05, 3.63) is 22.7 Å². The van der Waals surface area contributed by atoms with Gasteiger partial charge in [0.2, 0.25) is 11.7 Å². The van der Waals surface area contributed by atoms with Crippen molar-refractivity contribution in [2.75, 3.05) is 0 Å². The van der Waals surface area contributed by atoms with Crippen LogP contribution in [0.15, 0.2) is 21.3 Å². The zero-order valence-corrected chi connectivity index (χ0v) is 10.1. The molecule has 2 atom stereocenters. The molecular formula is C11H14N2O2S. The van der Waals surface area contributed by atoms with Gasteiger partial charge in [-0.1, -0.05) is 19.0 Å². The van der Waals surface area contributed by atoms with Gasteiger partial charge in [-0.05, 0) is 17.9 Å². The van der Waals surface area contributed by atoms with E-state index in [1.165, 1.54) is 0 Å². The second kappa shape index (κ2) is 4.76. The topological polar surface area (TPSA) is 59.2 Å². The Hall–Kier alpha value is -1.20. The molecule has 5 heteroatoms. The van der Waals surface area contributed by atoms with E-state index in [1.54, 1.807) is 11.3 Å². The third-order valence-electron chi connectivity index (χ3n) is 2.61. The minimum Gasteiger partial charge on any atom is -0.392 e. The van der Waals surface area contributed by atoms with Gasteiger partial charge in [-0.25, -0.2) is 0 Å². The zero-order valence-electron chi connectivity index (χ0n) is 9.25. The van der Waals surface area contributed by atoms with Crippen molar-refractivity contribution < 1.29 is 9.63 Å². The van der Waals surface area contributed by atoms with Crippen LogP contribution < -0.4 is 0 Å². The highest BCUT2D eigenvalue weighted by atomic mass is 32.1. The molecule has 4 nitrogen and oxygen atoms in total. The lowest BCUT2D eigenvalue weighted by molar-refractivity contribution is 0.129. The molecule has 0 fully saturated rings. The van der Waals surface area contributed by atoms with Gasteiger partial charge in [0.05, 0.1) is 12.0 Å². The van der Waals surface area contributed by atoms with Crippen LogP contribution in [0.25, 0.3) is 11.4 Å². The smallest absolute Gasteiger partial charge is 0.232 e. The second-order valence-corrected chi connectivity index (χ2v) is 4.51. The number of hydrogen-bond acceptors (Lipinski definition) is 5. The summed E-state index contributed by atoms with van der Waals surface area (Å²) >= 11 is 1.59. The molecule has 2 aromatic rings. The van der Waals surface area contributed by atoms with Crippen LogP contribution in [-0.4, -0.2) is 21.4 Å². The Balaban J connectivity index is 2.20. The minimum atomic E-state index is -0.434. The van der Waals surface area contributed by atoms with Crippen molar-refractivity contribution in [1.82, 2.24) is 10.1 Å². The lowest BCUT2D eigenvalue weighted by Crippen LogP contribution is -2.14. The fourth-order valence-electron chi connectivity index (χ4n) is 1.45. The monoisotopic (exact) mass is 238 g/mol. The Morgan fingerprint density at radius 2 is 2.38 bits per heavy atom. The van der Waals surface area contributed by atoms with Gasteiger partial charge in [-0.3, -0.25) is 0 Å². The molecule has 0 radical (unpaired) electrons. The molecule has 2 heterocycles. The van der Waals surface area contributed by atoms with Crippen molar-refractivity contribution in [2.24, 2.45) is 0 Å². The zero-order chi connectivity index (χ0) is 11.5. The molecule has 0 saturated heterocycles. The van der Waals surface area contributed by atoms with Crippen LogP contribution in [0.1, 0.15) is 32.1 Å². The highest BCUT2D eigenvalue weighted by molar-refractivity contribution is 7.08. The van der Waals surface area contributed by atoms with E-state index in [-0.39, 0.29) is 5.92 Å². The molecule has 0 aromatic carbocycles. The maximum atomic E-state index is 9.69. The van der Waals surface area contributed by atoms with Crippen molar-refractivity contribution in [1.29, 1.82) is 0 Å². The maximum absolute atomic E-state index is 9.69. The molecule has 1 N–H and O–H groups in total. The van der Waals surface area contributed by atoms with Gasteiger partial charge in [-0.15, -0.1) is 0 Å². The van der Waals surface area contributed by atoms with Gasteiger partial charge >= 0.3 is 0 Å². The van der Waals surface area contributed by atoms with Crippen LogP contribution in [0.5, 0.6) is 0 Å². The molecule has 2 unspecified atom stereocenters. The summed E-state index contributed by atoms with van der Waals surface area (Å²) in [5, 5.41) is 17.5.